The predicted molar refractivity (Wildman–Crippen MR) is 101 cm³/mol. The van der Waals surface area contributed by atoms with Crippen LogP contribution in [-0.2, 0) is 4.79 Å². The number of rotatable bonds is 5. The molecule has 3 rings (SSSR count). The summed E-state index contributed by atoms with van der Waals surface area (Å²) >= 11 is 0. The van der Waals surface area contributed by atoms with Crippen molar-refractivity contribution < 1.29 is 31.9 Å². The summed E-state index contributed by atoms with van der Waals surface area (Å²) in [6, 6.07) is 12.6. The molecule has 0 spiro atoms. The van der Waals surface area contributed by atoms with Gasteiger partial charge in [0.05, 0.1) is 6.20 Å². The van der Waals surface area contributed by atoms with Crippen LogP contribution in [0.25, 0.3) is 17.2 Å². The standard InChI is InChI=1S/C21H15F4N3O2/c1-14(20(29)27-28-11-3-2-10-26-28)12-15-4-9-18(19(22)13-15)16-5-7-17(8-6-16)30-21(23,24)25/h2-13H,1H3/p+1/b14-12+. The topological polar surface area (TPSA) is 55.1 Å². The van der Waals surface area contributed by atoms with Crippen LogP contribution in [0, 0.1) is 5.82 Å². The fourth-order valence-electron chi connectivity index (χ4n) is 2.60. The molecule has 9 heteroatoms. The zero-order valence-corrected chi connectivity index (χ0v) is 15.7. The average molecular weight is 418 g/mol. The molecule has 0 aliphatic rings. The van der Waals surface area contributed by atoms with E-state index in [0.29, 0.717) is 16.7 Å². The van der Waals surface area contributed by atoms with Crippen molar-refractivity contribution in [3.63, 3.8) is 0 Å². The number of benzene rings is 2. The van der Waals surface area contributed by atoms with Crippen molar-refractivity contribution in [3.05, 3.63) is 83.9 Å². The van der Waals surface area contributed by atoms with Crippen LogP contribution >= 0.6 is 0 Å². The Morgan fingerprint density at radius 3 is 2.47 bits per heavy atom. The third-order valence-corrected chi connectivity index (χ3v) is 3.96. The summed E-state index contributed by atoms with van der Waals surface area (Å²) in [5, 5.41) is 3.92. The van der Waals surface area contributed by atoms with Crippen molar-refractivity contribution >= 4 is 12.0 Å². The molecule has 5 nitrogen and oxygen atoms in total. The first kappa shape index (κ1) is 21.0. The van der Waals surface area contributed by atoms with E-state index in [4.69, 9.17) is 0 Å². The summed E-state index contributed by atoms with van der Waals surface area (Å²) in [6.07, 6.45) is -0.216. The highest BCUT2D eigenvalue weighted by Crippen LogP contribution is 2.28. The lowest BCUT2D eigenvalue weighted by Crippen LogP contribution is -2.51. The monoisotopic (exact) mass is 418 g/mol. The summed E-state index contributed by atoms with van der Waals surface area (Å²) in [5.74, 6) is -1.39. The number of carbonyl (C=O) groups excluding carboxylic acids is 1. The first-order chi connectivity index (χ1) is 14.2. The molecule has 0 radical (unpaired) electrons. The number of nitrogens with zero attached hydrogens (tertiary/aromatic N) is 2. The van der Waals surface area contributed by atoms with Crippen LogP contribution in [-0.4, -0.2) is 17.4 Å². The number of hydrogen-bond donors (Lipinski definition) is 1. The largest absolute Gasteiger partial charge is 0.573 e. The van der Waals surface area contributed by atoms with Crippen molar-refractivity contribution in [2.24, 2.45) is 0 Å². The molecule has 1 heterocycles. The highest BCUT2D eigenvalue weighted by atomic mass is 19.4. The van der Waals surface area contributed by atoms with E-state index in [1.165, 1.54) is 41.3 Å². The van der Waals surface area contributed by atoms with E-state index >= 15 is 0 Å². The second kappa shape index (κ2) is 8.73. The zero-order chi connectivity index (χ0) is 21.7. The van der Waals surface area contributed by atoms with Gasteiger partial charge >= 0.3 is 12.3 Å². The molecular formula is C21H16F4N3O2+. The summed E-state index contributed by atoms with van der Waals surface area (Å²) < 4.78 is 55.1. The molecule has 154 valence electrons. The Labute approximate surface area is 169 Å². The van der Waals surface area contributed by atoms with Gasteiger partial charge in [-0.25, -0.2) is 4.39 Å². The molecule has 0 bridgehead atoms. The Kier molecular flexibility index (Phi) is 6.10. The van der Waals surface area contributed by atoms with E-state index in [0.717, 1.165) is 12.1 Å². The van der Waals surface area contributed by atoms with Gasteiger partial charge in [0.2, 0.25) is 6.20 Å². The fourth-order valence-corrected chi connectivity index (χ4v) is 2.60. The van der Waals surface area contributed by atoms with E-state index in [9.17, 15) is 22.4 Å². The lowest BCUT2D eigenvalue weighted by atomic mass is 10.0. The number of carbonyl (C=O) groups is 1. The van der Waals surface area contributed by atoms with Gasteiger partial charge in [0.25, 0.3) is 0 Å². The molecule has 0 fully saturated rings. The van der Waals surface area contributed by atoms with E-state index < -0.39 is 23.8 Å². The van der Waals surface area contributed by atoms with Crippen molar-refractivity contribution in [2.75, 3.05) is 5.43 Å². The zero-order valence-electron chi connectivity index (χ0n) is 15.7. The lowest BCUT2D eigenvalue weighted by Gasteiger charge is -2.10. The van der Waals surface area contributed by atoms with Gasteiger partial charge in [-0.3, -0.25) is 4.79 Å². The van der Waals surface area contributed by atoms with Crippen molar-refractivity contribution in [1.82, 2.24) is 5.10 Å². The van der Waals surface area contributed by atoms with E-state index in [1.54, 1.807) is 31.3 Å². The summed E-state index contributed by atoms with van der Waals surface area (Å²) in [7, 11) is 0. The van der Waals surface area contributed by atoms with Gasteiger partial charge in [-0.15, -0.1) is 13.2 Å². The molecular weight excluding hydrogens is 402 g/mol. The Balaban J connectivity index is 1.74. The van der Waals surface area contributed by atoms with Crippen LogP contribution in [0.2, 0.25) is 0 Å². The van der Waals surface area contributed by atoms with Crippen molar-refractivity contribution in [1.29, 1.82) is 0 Å². The van der Waals surface area contributed by atoms with Crippen LogP contribution in [0.4, 0.5) is 17.6 Å². The molecule has 1 aromatic heterocycles. The smallest absolute Gasteiger partial charge is 0.406 e. The highest BCUT2D eigenvalue weighted by molar-refractivity contribution is 6.01. The van der Waals surface area contributed by atoms with Crippen LogP contribution in [0.5, 0.6) is 5.75 Å². The molecule has 3 aromatic rings. The molecule has 0 atom stereocenters. The molecule has 30 heavy (non-hydrogen) atoms. The Bertz CT molecular complexity index is 1070. The van der Waals surface area contributed by atoms with Gasteiger partial charge in [0.15, 0.2) is 0 Å². The number of nitrogens with one attached hydrogen (secondary N) is 1. The van der Waals surface area contributed by atoms with Gasteiger partial charge in [0, 0.05) is 27.1 Å². The molecule has 0 saturated heterocycles. The highest BCUT2D eigenvalue weighted by Gasteiger charge is 2.31. The minimum absolute atomic E-state index is 0.205. The van der Waals surface area contributed by atoms with Gasteiger partial charge < -0.3 is 4.74 Å². The number of ether oxygens (including phenoxy) is 1. The predicted octanol–water partition coefficient (Wildman–Crippen LogP) is 4.25. The van der Waals surface area contributed by atoms with Crippen LogP contribution < -0.4 is 15.0 Å². The lowest BCUT2D eigenvalue weighted by molar-refractivity contribution is -0.703. The third-order valence-electron chi connectivity index (χ3n) is 3.96. The molecule has 1 amide bonds. The van der Waals surface area contributed by atoms with Crippen LogP contribution in [0.3, 0.4) is 0 Å². The minimum atomic E-state index is -4.79. The second-order valence-corrected chi connectivity index (χ2v) is 6.22. The summed E-state index contributed by atoms with van der Waals surface area (Å²) in [5.41, 5.74) is 3.92. The Morgan fingerprint density at radius 2 is 1.87 bits per heavy atom. The number of halogens is 4. The van der Waals surface area contributed by atoms with Gasteiger partial charge in [-0.05, 0) is 48.4 Å². The first-order valence-electron chi connectivity index (χ1n) is 8.70. The number of amides is 1. The molecule has 0 saturated carbocycles. The quantitative estimate of drug-likeness (QED) is 0.383. The summed E-state index contributed by atoms with van der Waals surface area (Å²) in [4.78, 5) is 13.4. The minimum Gasteiger partial charge on any atom is -0.406 e. The summed E-state index contributed by atoms with van der Waals surface area (Å²) in [6.45, 7) is 1.57. The van der Waals surface area contributed by atoms with E-state index in [-0.39, 0.29) is 5.56 Å². The van der Waals surface area contributed by atoms with Crippen molar-refractivity contribution in [2.45, 2.75) is 13.3 Å². The second-order valence-electron chi connectivity index (χ2n) is 6.22. The Morgan fingerprint density at radius 1 is 1.13 bits per heavy atom. The first-order valence-corrected chi connectivity index (χ1v) is 8.70. The normalized spacial score (nSPS) is 11.8. The maximum Gasteiger partial charge on any atom is 0.573 e. The molecule has 2 aromatic carbocycles. The fraction of sp³-hybridized carbons (Fsp3) is 0.0952. The SMILES string of the molecule is C/C(=C\c1ccc(-c2ccc(OC(F)(F)F)cc2)c(F)c1)C(=O)N[n+]1ccccn1. The molecule has 0 aliphatic carbocycles. The maximum atomic E-state index is 14.6. The number of aromatic nitrogens is 2. The molecule has 0 aliphatic heterocycles. The third kappa shape index (κ3) is 5.63. The average Bonchev–Trinajstić information content (AvgIpc) is 2.68. The molecule has 1 N–H and O–H groups in total. The number of alkyl halides is 3. The van der Waals surface area contributed by atoms with E-state index in [1.807, 2.05) is 0 Å². The Hall–Kier alpha value is -3.75. The van der Waals surface area contributed by atoms with E-state index in [2.05, 4.69) is 15.3 Å². The number of hydrogen-bond acceptors (Lipinski definition) is 3. The van der Waals surface area contributed by atoms with Gasteiger partial charge in [-0.2, -0.15) is 0 Å². The molecule has 0 unspecified atom stereocenters. The maximum absolute atomic E-state index is 14.6. The van der Waals surface area contributed by atoms with Crippen LogP contribution in [0.15, 0.2) is 72.6 Å². The van der Waals surface area contributed by atoms with Gasteiger partial charge in [0.1, 0.15) is 11.6 Å². The van der Waals surface area contributed by atoms with Gasteiger partial charge in [-0.1, -0.05) is 29.7 Å². The van der Waals surface area contributed by atoms with Crippen molar-refractivity contribution in [3.8, 4) is 16.9 Å². The van der Waals surface area contributed by atoms with Crippen LogP contribution in [0.1, 0.15) is 12.5 Å².